The third-order valence-corrected chi connectivity index (χ3v) is 5.43. The molecule has 0 saturated carbocycles. The summed E-state index contributed by atoms with van der Waals surface area (Å²) in [5.74, 6) is 0.777. The number of ketones is 1. The smallest absolute Gasteiger partial charge is 0.269 e. The van der Waals surface area contributed by atoms with Crippen LogP contribution in [0.1, 0.15) is 10.4 Å². The van der Waals surface area contributed by atoms with Crippen LogP contribution >= 0.6 is 0 Å². The number of carbonyl (C=O) groups is 2. The molecule has 2 N–H and O–H groups in total. The Balaban J connectivity index is 1.60. The second-order valence-electron chi connectivity index (χ2n) is 7.17. The van der Waals surface area contributed by atoms with Crippen LogP contribution in [0.25, 0.3) is 0 Å². The van der Waals surface area contributed by atoms with Gasteiger partial charge in [-0.05, 0) is 30.3 Å². The summed E-state index contributed by atoms with van der Waals surface area (Å²) in [5.41, 5.74) is 5.12. The van der Waals surface area contributed by atoms with E-state index in [1.165, 1.54) is 19.2 Å². The van der Waals surface area contributed by atoms with E-state index < -0.39 is 5.91 Å². The van der Waals surface area contributed by atoms with E-state index in [-0.39, 0.29) is 23.7 Å². The monoisotopic (exact) mass is 421 g/mol. The van der Waals surface area contributed by atoms with E-state index in [0.717, 1.165) is 11.4 Å². The molecule has 0 spiro atoms. The van der Waals surface area contributed by atoms with E-state index in [1.807, 2.05) is 48.2 Å². The zero-order chi connectivity index (χ0) is 22.3. The van der Waals surface area contributed by atoms with E-state index in [9.17, 15) is 9.59 Å². The number of amidine groups is 1. The van der Waals surface area contributed by atoms with Crippen molar-refractivity contribution in [2.45, 2.75) is 0 Å². The zero-order valence-electron chi connectivity index (χ0n) is 17.7. The highest BCUT2D eigenvalue weighted by Gasteiger charge is 2.40. The van der Waals surface area contributed by atoms with Gasteiger partial charge in [0.1, 0.15) is 17.9 Å². The second-order valence-corrected chi connectivity index (χ2v) is 7.17. The van der Waals surface area contributed by atoms with Crippen molar-refractivity contribution in [3.63, 3.8) is 0 Å². The standard InChI is InChI=1S/C22H23N5O4/c1-25-14-7-5-6-8-15(14)26(2)22(25)19-16(28)12-27(20(19)23)24-21(29)13-9-10-17(30-3)18(11-13)31-4/h5-11,23H,12H2,1-4H3,(H,24,29). The summed E-state index contributed by atoms with van der Waals surface area (Å²) in [6.45, 7) is -0.116. The van der Waals surface area contributed by atoms with Crippen LogP contribution in [0.15, 0.2) is 53.9 Å². The zero-order valence-corrected chi connectivity index (χ0v) is 17.7. The summed E-state index contributed by atoms with van der Waals surface area (Å²) < 4.78 is 10.4. The van der Waals surface area contributed by atoms with Gasteiger partial charge in [0.2, 0.25) is 0 Å². The molecule has 2 aromatic carbocycles. The van der Waals surface area contributed by atoms with Crippen LogP contribution in [0.2, 0.25) is 0 Å². The van der Waals surface area contributed by atoms with Gasteiger partial charge < -0.3 is 19.3 Å². The molecule has 9 nitrogen and oxygen atoms in total. The van der Waals surface area contributed by atoms with Crippen molar-refractivity contribution in [3.8, 4) is 11.5 Å². The summed E-state index contributed by atoms with van der Waals surface area (Å²) in [5, 5.41) is 9.84. The van der Waals surface area contributed by atoms with Gasteiger partial charge in [0, 0.05) is 19.7 Å². The minimum atomic E-state index is -0.457. The quantitative estimate of drug-likeness (QED) is 0.729. The molecule has 2 aliphatic rings. The fourth-order valence-electron chi connectivity index (χ4n) is 3.88. The fraction of sp³-hybridized carbons (Fsp3) is 0.227. The number of benzene rings is 2. The van der Waals surface area contributed by atoms with Crippen molar-refractivity contribution in [1.29, 1.82) is 5.41 Å². The number of Topliss-reactive ketones (excluding diaryl/α,β-unsaturated/α-hetero) is 1. The Kier molecular flexibility index (Phi) is 5.02. The number of methoxy groups -OCH3 is 2. The summed E-state index contributed by atoms with van der Waals surface area (Å²) in [6, 6.07) is 12.5. The molecule has 0 aromatic heterocycles. The number of anilines is 2. The van der Waals surface area contributed by atoms with Crippen LogP contribution in [0, 0.1) is 5.41 Å². The van der Waals surface area contributed by atoms with E-state index >= 15 is 0 Å². The molecule has 31 heavy (non-hydrogen) atoms. The van der Waals surface area contributed by atoms with Gasteiger partial charge in [0.05, 0.1) is 25.6 Å². The maximum atomic E-state index is 12.8. The predicted molar refractivity (Wildman–Crippen MR) is 117 cm³/mol. The minimum Gasteiger partial charge on any atom is -0.493 e. The van der Waals surface area contributed by atoms with Gasteiger partial charge in [0.25, 0.3) is 5.91 Å². The molecule has 2 aliphatic heterocycles. The molecule has 1 saturated heterocycles. The first kappa shape index (κ1) is 20.3. The first-order valence-corrected chi connectivity index (χ1v) is 9.60. The number of hydrogen-bond donors (Lipinski definition) is 2. The highest BCUT2D eigenvalue weighted by Crippen LogP contribution is 2.41. The summed E-state index contributed by atoms with van der Waals surface area (Å²) >= 11 is 0. The molecular weight excluding hydrogens is 398 g/mol. The molecule has 2 heterocycles. The van der Waals surface area contributed by atoms with E-state index in [0.29, 0.717) is 22.9 Å². The van der Waals surface area contributed by atoms with Crippen molar-refractivity contribution < 1.29 is 19.1 Å². The van der Waals surface area contributed by atoms with E-state index in [2.05, 4.69) is 5.43 Å². The Bertz CT molecular complexity index is 1100. The number of hydrazine groups is 1. The van der Waals surface area contributed by atoms with Crippen LogP contribution < -0.4 is 24.7 Å². The third-order valence-electron chi connectivity index (χ3n) is 5.43. The maximum absolute atomic E-state index is 12.8. The average Bonchev–Trinajstić information content (AvgIpc) is 3.19. The Morgan fingerprint density at radius 3 is 2.19 bits per heavy atom. The summed E-state index contributed by atoms with van der Waals surface area (Å²) in [7, 11) is 6.71. The van der Waals surface area contributed by atoms with Gasteiger partial charge in [-0.3, -0.25) is 25.4 Å². The minimum absolute atomic E-state index is 0.0552. The molecular formula is C22H23N5O4. The largest absolute Gasteiger partial charge is 0.493 e. The Labute approximate surface area is 179 Å². The number of nitrogens with one attached hydrogen (secondary N) is 2. The SMILES string of the molecule is COc1ccc(C(=O)NN2CC(=O)C(=C3N(C)c4ccccc4N3C)C2=N)cc1OC. The van der Waals surface area contributed by atoms with E-state index in [1.54, 1.807) is 18.2 Å². The number of ether oxygens (including phenoxy) is 2. The Morgan fingerprint density at radius 2 is 1.61 bits per heavy atom. The van der Waals surface area contributed by atoms with E-state index in [4.69, 9.17) is 14.9 Å². The first-order valence-electron chi connectivity index (χ1n) is 9.60. The number of fused-ring (bicyclic) bond motifs is 1. The number of amides is 1. The van der Waals surface area contributed by atoms with Crippen LogP contribution in [0.3, 0.4) is 0 Å². The van der Waals surface area contributed by atoms with Gasteiger partial charge in [-0.1, -0.05) is 12.1 Å². The van der Waals surface area contributed by atoms with Gasteiger partial charge in [0.15, 0.2) is 23.1 Å². The number of carbonyl (C=O) groups excluding carboxylic acids is 2. The molecule has 0 bridgehead atoms. The van der Waals surface area contributed by atoms with Crippen LogP contribution in [-0.4, -0.2) is 57.4 Å². The second kappa shape index (κ2) is 7.67. The molecule has 2 aromatic rings. The van der Waals surface area contributed by atoms with Crippen molar-refractivity contribution in [1.82, 2.24) is 10.4 Å². The lowest BCUT2D eigenvalue weighted by Gasteiger charge is -2.22. The number of para-hydroxylation sites is 2. The number of nitrogens with zero attached hydrogens (tertiary/aromatic N) is 3. The molecule has 0 atom stereocenters. The van der Waals surface area contributed by atoms with Gasteiger partial charge in [-0.15, -0.1) is 0 Å². The first-order chi connectivity index (χ1) is 14.9. The Morgan fingerprint density at radius 1 is 1.00 bits per heavy atom. The van der Waals surface area contributed by atoms with Gasteiger partial charge >= 0.3 is 0 Å². The molecule has 0 aliphatic carbocycles. The highest BCUT2D eigenvalue weighted by molar-refractivity contribution is 6.27. The molecule has 160 valence electrons. The van der Waals surface area contributed by atoms with Gasteiger partial charge in [-0.25, -0.2) is 0 Å². The molecule has 9 heteroatoms. The topological polar surface area (TPSA) is 98.2 Å². The van der Waals surface area contributed by atoms with Crippen molar-refractivity contribution in [2.75, 3.05) is 44.7 Å². The third kappa shape index (κ3) is 3.24. The van der Waals surface area contributed by atoms with Crippen molar-refractivity contribution >= 4 is 28.9 Å². The van der Waals surface area contributed by atoms with Gasteiger partial charge in [-0.2, -0.15) is 0 Å². The number of hydrogen-bond acceptors (Lipinski definition) is 7. The van der Waals surface area contributed by atoms with Crippen LogP contribution in [0.5, 0.6) is 11.5 Å². The van der Waals surface area contributed by atoms with Crippen molar-refractivity contribution in [3.05, 3.63) is 59.4 Å². The molecule has 4 rings (SSSR count). The number of rotatable bonds is 4. The van der Waals surface area contributed by atoms with Crippen LogP contribution in [0.4, 0.5) is 11.4 Å². The molecule has 0 unspecified atom stereocenters. The summed E-state index contributed by atoms with van der Waals surface area (Å²) in [4.78, 5) is 29.4. The fourth-order valence-corrected chi connectivity index (χ4v) is 3.88. The normalized spacial score (nSPS) is 15.5. The lowest BCUT2D eigenvalue weighted by molar-refractivity contribution is -0.114. The summed E-state index contributed by atoms with van der Waals surface area (Å²) in [6.07, 6.45) is 0. The average molecular weight is 421 g/mol. The maximum Gasteiger partial charge on any atom is 0.269 e. The van der Waals surface area contributed by atoms with Crippen LogP contribution in [-0.2, 0) is 4.79 Å². The lowest BCUT2D eigenvalue weighted by Crippen LogP contribution is -2.43. The molecule has 1 fully saturated rings. The highest BCUT2D eigenvalue weighted by atomic mass is 16.5. The lowest BCUT2D eigenvalue weighted by atomic mass is 10.2. The Hall–Kier alpha value is -4.01. The predicted octanol–water partition coefficient (Wildman–Crippen LogP) is 2.01. The molecule has 0 radical (unpaired) electrons. The van der Waals surface area contributed by atoms with Crippen molar-refractivity contribution in [2.24, 2.45) is 0 Å². The molecule has 1 amide bonds.